The molecule has 0 spiro atoms. The van der Waals surface area contributed by atoms with E-state index in [0.29, 0.717) is 12.6 Å². The Morgan fingerprint density at radius 3 is 2.71 bits per heavy atom. The Bertz CT molecular complexity index is 251. The topological polar surface area (TPSA) is 35.6 Å². The average Bonchev–Trinajstić information content (AvgIpc) is 2.90. The second kappa shape index (κ2) is 6.36. The Morgan fingerprint density at radius 1 is 1.24 bits per heavy atom. The maximum absolute atomic E-state index is 12.0. The number of rotatable bonds is 4. The first-order valence-corrected chi connectivity index (χ1v) is 7.04. The highest BCUT2D eigenvalue weighted by atomic mass is 16.2. The lowest BCUT2D eigenvalue weighted by Crippen LogP contribution is -2.50. The minimum absolute atomic E-state index is 0.274. The first-order valence-electron chi connectivity index (χ1n) is 7.04. The molecule has 0 aromatic heterocycles. The predicted octanol–water partition coefficient (Wildman–Crippen LogP) is 0.683. The quantitative estimate of drug-likeness (QED) is 0.784. The molecule has 0 bridgehead atoms. The van der Waals surface area contributed by atoms with Gasteiger partial charge in [-0.05, 0) is 45.3 Å². The number of piperidine rings is 1. The van der Waals surface area contributed by atoms with E-state index in [1.165, 1.54) is 38.8 Å². The van der Waals surface area contributed by atoms with Gasteiger partial charge in [0.05, 0.1) is 6.54 Å². The van der Waals surface area contributed by atoms with Gasteiger partial charge in [-0.15, -0.1) is 0 Å². The maximum Gasteiger partial charge on any atom is 0.236 e. The van der Waals surface area contributed by atoms with Crippen molar-refractivity contribution < 1.29 is 4.79 Å². The molecule has 2 aliphatic rings. The number of hydrogen-bond donors (Lipinski definition) is 1. The van der Waals surface area contributed by atoms with Crippen LogP contribution in [-0.2, 0) is 4.79 Å². The minimum Gasteiger partial charge on any atom is -0.340 e. The molecule has 1 amide bonds. The Labute approximate surface area is 104 Å². The van der Waals surface area contributed by atoms with Gasteiger partial charge in [0, 0.05) is 19.1 Å². The number of likely N-dealkylation sites (tertiary alicyclic amines) is 2. The van der Waals surface area contributed by atoms with E-state index in [4.69, 9.17) is 0 Å². The standard InChI is InChI=1S/C13H25N3O/c1-2-14-10-13(17)16-9-5-6-12(11-16)15-7-3-4-8-15/h12,14H,2-11H2,1H3. The first-order chi connectivity index (χ1) is 8.31. The Morgan fingerprint density at radius 2 is 2.00 bits per heavy atom. The minimum atomic E-state index is 0.274. The molecule has 2 heterocycles. The molecule has 17 heavy (non-hydrogen) atoms. The van der Waals surface area contributed by atoms with Crippen molar-refractivity contribution >= 4 is 5.91 Å². The Kier molecular flexibility index (Phi) is 4.80. The molecule has 2 fully saturated rings. The molecule has 1 unspecified atom stereocenters. The molecule has 2 rings (SSSR count). The van der Waals surface area contributed by atoms with Crippen molar-refractivity contribution in [3.63, 3.8) is 0 Å². The summed E-state index contributed by atoms with van der Waals surface area (Å²) in [5, 5.41) is 3.12. The smallest absolute Gasteiger partial charge is 0.236 e. The van der Waals surface area contributed by atoms with Crippen LogP contribution in [0, 0.1) is 0 Å². The number of carbonyl (C=O) groups excluding carboxylic acids is 1. The molecular weight excluding hydrogens is 214 g/mol. The number of carbonyl (C=O) groups is 1. The molecule has 1 N–H and O–H groups in total. The van der Waals surface area contributed by atoms with E-state index in [-0.39, 0.29) is 5.91 Å². The van der Waals surface area contributed by atoms with E-state index in [1.54, 1.807) is 0 Å². The lowest BCUT2D eigenvalue weighted by Gasteiger charge is -2.37. The molecular formula is C13H25N3O. The lowest BCUT2D eigenvalue weighted by molar-refractivity contribution is -0.132. The molecule has 4 nitrogen and oxygen atoms in total. The van der Waals surface area contributed by atoms with Crippen LogP contribution in [0.5, 0.6) is 0 Å². The van der Waals surface area contributed by atoms with Gasteiger partial charge in [0.25, 0.3) is 0 Å². The fourth-order valence-electron chi connectivity index (χ4n) is 2.93. The third kappa shape index (κ3) is 3.42. The molecule has 1 atom stereocenters. The summed E-state index contributed by atoms with van der Waals surface area (Å²) in [5.74, 6) is 0.274. The highest BCUT2D eigenvalue weighted by molar-refractivity contribution is 5.78. The molecule has 2 aliphatic heterocycles. The van der Waals surface area contributed by atoms with Gasteiger partial charge in [0.2, 0.25) is 5.91 Å². The molecule has 0 aromatic rings. The number of likely N-dealkylation sites (N-methyl/N-ethyl adjacent to an activating group) is 1. The normalized spacial score (nSPS) is 26.4. The van der Waals surface area contributed by atoms with Crippen molar-refractivity contribution in [2.24, 2.45) is 0 Å². The highest BCUT2D eigenvalue weighted by Crippen LogP contribution is 2.20. The molecule has 2 saturated heterocycles. The van der Waals surface area contributed by atoms with Crippen LogP contribution in [0.1, 0.15) is 32.6 Å². The van der Waals surface area contributed by atoms with Gasteiger partial charge in [0.1, 0.15) is 0 Å². The van der Waals surface area contributed by atoms with Crippen molar-refractivity contribution in [3.8, 4) is 0 Å². The van der Waals surface area contributed by atoms with Crippen LogP contribution >= 0.6 is 0 Å². The zero-order chi connectivity index (χ0) is 12.1. The molecule has 0 aliphatic carbocycles. The largest absolute Gasteiger partial charge is 0.340 e. The summed E-state index contributed by atoms with van der Waals surface area (Å²) in [6.45, 7) is 7.79. The molecule has 4 heteroatoms. The van der Waals surface area contributed by atoms with Crippen molar-refractivity contribution in [1.29, 1.82) is 0 Å². The fraction of sp³-hybridized carbons (Fsp3) is 0.923. The number of nitrogens with one attached hydrogen (secondary N) is 1. The summed E-state index contributed by atoms with van der Waals surface area (Å²) in [6.07, 6.45) is 5.10. The highest BCUT2D eigenvalue weighted by Gasteiger charge is 2.28. The van der Waals surface area contributed by atoms with Crippen LogP contribution < -0.4 is 5.32 Å². The maximum atomic E-state index is 12.0. The van der Waals surface area contributed by atoms with E-state index in [0.717, 1.165) is 19.6 Å². The fourth-order valence-corrected chi connectivity index (χ4v) is 2.93. The van der Waals surface area contributed by atoms with Crippen LogP contribution in [0.3, 0.4) is 0 Å². The monoisotopic (exact) mass is 239 g/mol. The van der Waals surface area contributed by atoms with Gasteiger partial charge in [-0.1, -0.05) is 6.92 Å². The van der Waals surface area contributed by atoms with Gasteiger partial charge in [-0.25, -0.2) is 0 Å². The summed E-state index contributed by atoms with van der Waals surface area (Å²) in [4.78, 5) is 16.6. The second-order valence-electron chi connectivity index (χ2n) is 5.16. The van der Waals surface area contributed by atoms with E-state index < -0.39 is 0 Å². The Hall–Kier alpha value is -0.610. The van der Waals surface area contributed by atoms with Crippen LogP contribution in [0.2, 0.25) is 0 Å². The van der Waals surface area contributed by atoms with Crippen LogP contribution in [0.25, 0.3) is 0 Å². The van der Waals surface area contributed by atoms with E-state index in [9.17, 15) is 4.79 Å². The second-order valence-corrected chi connectivity index (χ2v) is 5.16. The third-order valence-corrected chi connectivity index (χ3v) is 3.93. The van der Waals surface area contributed by atoms with Crippen molar-refractivity contribution in [1.82, 2.24) is 15.1 Å². The third-order valence-electron chi connectivity index (χ3n) is 3.93. The molecule has 0 radical (unpaired) electrons. The Balaban J connectivity index is 1.81. The SMILES string of the molecule is CCNCC(=O)N1CCCC(N2CCCC2)C1. The van der Waals surface area contributed by atoms with Crippen LogP contribution in [0.15, 0.2) is 0 Å². The van der Waals surface area contributed by atoms with Gasteiger partial charge >= 0.3 is 0 Å². The summed E-state index contributed by atoms with van der Waals surface area (Å²) in [7, 11) is 0. The van der Waals surface area contributed by atoms with Crippen molar-refractivity contribution in [3.05, 3.63) is 0 Å². The summed E-state index contributed by atoms with van der Waals surface area (Å²) in [5.41, 5.74) is 0. The number of amides is 1. The number of hydrogen-bond acceptors (Lipinski definition) is 3. The van der Waals surface area contributed by atoms with Gasteiger partial charge in [0.15, 0.2) is 0 Å². The molecule has 98 valence electrons. The lowest BCUT2D eigenvalue weighted by atomic mass is 10.0. The number of nitrogens with zero attached hydrogens (tertiary/aromatic N) is 2. The summed E-state index contributed by atoms with van der Waals surface area (Å²) >= 11 is 0. The summed E-state index contributed by atoms with van der Waals surface area (Å²) in [6, 6.07) is 0.622. The zero-order valence-corrected chi connectivity index (χ0v) is 11.0. The van der Waals surface area contributed by atoms with Crippen molar-refractivity contribution in [2.75, 3.05) is 39.3 Å². The van der Waals surface area contributed by atoms with E-state index in [2.05, 4.69) is 15.1 Å². The molecule has 0 aromatic carbocycles. The average molecular weight is 239 g/mol. The van der Waals surface area contributed by atoms with Crippen LogP contribution in [-0.4, -0.2) is 61.0 Å². The molecule has 0 saturated carbocycles. The summed E-state index contributed by atoms with van der Waals surface area (Å²) < 4.78 is 0. The first kappa shape index (κ1) is 12.8. The van der Waals surface area contributed by atoms with E-state index in [1.807, 2.05) is 6.92 Å². The van der Waals surface area contributed by atoms with Crippen molar-refractivity contribution in [2.45, 2.75) is 38.6 Å². The zero-order valence-electron chi connectivity index (χ0n) is 11.0. The van der Waals surface area contributed by atoms with E-state index >= 15 is 0 Å². The van der Waals surface area contributed by atoms with Gasteiger partial charge in [-0.3, -0.25) is 9.69 Å². The van der Waals surface area contributed by atoms with Gasteiger partial charge < -0.3 is 10.2 Å². The van der Waals surface area contributed by atoms with Crippen LogP contribution in [0.4, 0.5) is 0 Å². The predicted molar refractivity (Wildman–Crippen MR) is 69.0 cm³/mol. The van der Waals surface area contributed by atoms with Gasteiger partial charge in [-0.2, -0.15) is 0 Å².